The number of rotatable bonds is 5. The highest BCUT2D eigenvalue weighted by Gasteiger charge is 2.09. The quantitative estimate of drug-likeness (QED) is 0.609. The van der Waals surface area contributed by atoms with E-state index < -0.39 is 11.8 Å². The van der Waals surface area contributed by atoms with Crippen LogP contribution in [-0.4, -0.2) is 28.2 Å². The third kappa shape index (κ3) is 5.09. The van der Waals surface area contributed by atoms with Gasteiger partial charge in [0.15, 0.2) is 6.61 Å². The van der Waals surface area contributed by atoms with Crippen molar-refractivity contribution in [1.82, 2.24) is 20.6 Å². The summed E-state index contributed by atoms with van der Waals surface area (Å²) in [6.45, 7) is 1.48. The van der Waals surface area contributed by atoms with Gasteiger partial charge in [0.25, 0.3) is 11.8 Å². The maximum absolute atomic E-state index is 11.7. The fraction of sp³-hybridized carbons (Fsp3) is 0.176. The minimum Gasteiger partial charge on any atom is -0.484 e. The molecule has 1 aromatic heterocycles. The van der Waals surface area contributed by atoms with Gasteiger partial charge < -0.3 is 4.74 Å². The van der Waals surface area contributed by atoms with Gasteiger partial charge in [0.05, 0.1) is 17.3 Å². The van der Waals surface area contributed by atoms with Crippen molar-refractivity contribution in [3.63, 3.8) is 0 Å². The Kier molecular flexibility index (Phi) is 6.36. The fourth-order valence-corrected chi connectivity index (χ4v) is 2.22. The molecule has 0 saturated heterocycles. The topological polar surface area (TPSA) is 109 Å². The third-order valence-corrected chi connectivity index (χ3v) is 3.72. The molecule has 2 rings (SSSR count). The summed E-state index contributed by atoms with van der Waals surface area (Å²) in [5, 5.41) is 13.2. The summed E-state index contributed by atoms with van der Waals surface area (Å²) in [7, 11) is 1.70. The van der Waals surface area contributed by atoms with E-state index in [0.29, 0.717) is 27.7 Å². The molecule has 0 aliphatic carbocycles. The first-order valence-corrected chi connectivity index (χ1v) is 7.87. The Morgan fingerprint density at radius 1 is 1.35 bits per heavy atom. The second-order valence-electron chi connectivity index (χ2n) is 5.21. The van der Waals surface area contributed by atoms with Crippen LogP contribution in [0.5, 0.6) is 5.75 Å². The molecule has 0 aliphatic rings. The lowest BCUT2D eigenvalue weighted by molar-refractivity contribution is -0.128. The number of aryl methyl sites for hydroxylation is 2. The number of hydrazine groups is 1. The van der Waals surface area contributed by atoms with E-state index in [4.69, 9.17) is 21.6 Å². The highest BCUT2D eigenvalue weighted by atomic mass is 35.5. The van der Waals surface area contributed by atoms with Gasteiger partial charge >= 0.3 is 0 Å². The highest BCUT2D eigenvalue weighted by molar-refractivity contribution is 6.31. The molecule has 1 aromatic carbocycles. The molecular weight excluding hydrogens is 358 g/mol. The Balaban J connectivity index is 1.78. The van der Waals surface area contributed by atoms with Gasteiger partial charge in [-0.3, -0.25) is 25.1 Å². The summed E-state index contributed by atoms with van der Waals surface area (Å²) in [6, 6.07) is 8.28. The molecule has 0 unspecified atom stereocenters. The molecule has 2 N–H and O–H groups in total. The molecule has 0 radical (unpaired) electrons. The molecule has 0 aliphatic heterocycles. The first-order valence-electron chi connectivity index (χ1n) is 7.49. The Bertz CT molecular complexity index is 881. The lowest BCUT2D eigenvalue weighted by atomic mass is 10.2. The number of amides is 2. The SMILES string of the molecule is Cc1nn(C)c(Cl)c1/C=C/C(=O)NNC(=O)COc1ccc(C#N)cc1. The van der Waals surface area contributed by atoms with Gasteiger partial charge in [-0.05, 0) is 37.3 Å². The van der Waals surface area contributed by atoms with Crippen LogP contribution in [0.15, 0.2) is 30.3 Å². The van der Waals surface area contributed by atoms with Crippen LogP contribution in [0, 0.1) is 18.3 Å². The smallest absolute Gasteiger partial charge is 0.276 e. The number of hydrogen-bond acceptors (Lipinski definition) is 5. The van der Waals surface area contributed by atoms with Crippen LogP contribution < -0.4 is 15.6 Å². The van der Waals surface area contributed by atoms with Crippen molar-refractivity contribution >= 4 is 29.5 Å². The largest absolute Gasteiger partial charge is 0.484 e. The number of nitrogens with zero attached hydrogens (tertiary/aromatic N) is 3. The van der Waals surface area contributed by atoms with E-state index in [0.717, 1.165) is 0 Å². The van der Waals surface area contributed by atoms with E-state index in [2.05, 4.69) is 16.0 Å². The van der Waals surface area contributed by atoms with Gasteiger partial charge in [-0.2, -0.15) is 10.4 Å². The van der Waals surface area contributed by atoms with Crippen LogP contribution in [0.2, 0.25) is 5.15 Å². The first-order chi connectivity index (χ1) is 12.4. The lowest BCUT2D eigenvalue weighted by Gasteiger charge is -2.07. The van der Waals surface area contributed by atoms with Crippen LogP contribution in [0.1, 0.15) is 16.8 Å². The number of benzene rings is 1. The summed E-state index contributed by atoms with van der Waals surface area (Å²) in [4.78, 5) is 23.4. The molecule has 134 valence electrons. The van der Waals surface area contributed by atoms with E-state index in [1.54, 1.807) is 38.2 Å². The maximum atomic E-state index is 11.7. The molecule has 0 bridgehead atoms. The molecular formula is C17H16ClN5O3. The summed E-state index contributed by atoms with van der Waals surface area (Å²) in [5.41, 5.74) is 6.26. The van der Waals surface area contributed by atoms with Crippen LogP contribution in [0.25, 0.3) is 6.08 Å². The molecule has 0 spiro atoms. The van der Waals surface area contributed by atoms with Crippen molar-refractivity contribution in [2.45, 2.75) is 6.92 Å². The molecule has 8 nitrogen and oxygen atoms in total. The van der Waals surface area contributed by atoms with Gasteiger partial charge in [0.2, 0.25) is 0 Å². The van der Waals surface area contributed by atoms with Gasteiger partial charge in [-0.1, -0.05) is 11.6 Å². The fourth-order valence-electron chi connectivity index (χ4n) is 1.98. The predicted molar refractivity (Wildman–Crippen MR) is 94.9 cm³/mol. The summed E-state index contributed by atoms with van der Waals surface area (Å²) in [5.74, 6) is -0.630. The first kappa shape index (κ1) is 19.0. The van der Waals surface area contributed by atoms with E-state index in [-0.39, 0.29) is 6.61 Å². The minimum absolute atomic E-state index is 0.288. The number of hydrogen-bond donors (Lipinski definition) is 2. The Morgan fingerprint density at radius 2 is 2.04 bits per heavy atom. The standard InChI is InChI=1S/C17H16ClN5O3/c1-11-14(17(18)23(2)22-11)7-8-15(24)20-21-16(25)10-26-13-5-3-12(9-19)4-6-13/h3-8H,10H2,1-2H3,(H,20,24)(H,21,25)/b8-7+. The molecule has 2 amide bonds. The highest BCUT2D eigenvalue weighted by Crippen LogP contribution is 2.19. The molecule has 26 heavy (non-hydrogen) atoms. The molecule has 1 heterocycles. The van der Waals surface area contributed by atoms with E-state index in [1.807, 2.05) is 6.07 Å². The second-order valence-corrected chi connectivity index (χ2v) is 5.57. The number of halogens is 1. The lowest BCUT2D eigenvalue weighted by Crippen LogP contribution is -2.43. The number of carbonyl (C=O) groups excluding carboxylic acids is 2. The summed E-state index contributed by atoms with van der Waals surface area (Å²) >= 11 is 6.06. The van der Waals surface area contributed by atoms with E-state index in [9.17, 15) is 9.59 Å². The van der Waals surface area contributed by atoms with Gasteiger partial charge in [0.1, 0.15) is 10.9 Å². The molecule has 0 atom stereocenters. The van der Waals surface area contributed by atoms with Crippen LogP contribution >= 0.6 is 11.6 Å². The zero-order chi connectivity index (χ0) is 19.1. The normalized spacial score (nSPS) is 10.4. The zero-order valence-corrected chi connectivity index (χ0v) is 14.9. The monoisotopic (exact) mass is 373 g/mol. The Morgan fingerprint density at radius 3 is 2.62 bits per heavy atom. The number of nitriles is 1. The van der Waals surface area contributed by atoms with Crippen molar-refractivity contribution in [2.75, 3.05) is 6.61 Å². The van der Waals surface area contributed by atoms with Crippen molar-refractivity contribution in [3.05, 3.63) is 52.3 Å². The Labute approximate surface area is 155 Å². The molecule has 0 fully saturated rings. The van der Waals surface area contributed by atoms with Gasteiger partial charge in [0, 0.05) is 18.7 Å². The maximum Gasteiger partial charge on any atom is 0.276 e. The minimum atomic E-state index is -0.535. The summed E-state index contributed by atoms with van der Waals surface area (Å²) in [6.07, 6.45) is 2.75. The van der Waals surface area contributed by atoms with Crippen molar-refractivity contribution in [3.8, 4) is 11.8 Å². The van der Waals surface area contributed by atoms with Crippen molar-refractivity contribution in [1.29, 1.82) is 5.26 Å². The predicted octanol–water partition coefficient (Wildman–Crippen LogP) is 1.49. The van der Waals surface area contributed by atoms with Crippen LogP contribution in [0.3, 0.4) is 0 Å². The molecule has 2 aromatic rings. The average Bonchev–Trinajstić information content (AvgIpc) is 2.88. The third-order valence-electron chi connectivity index (χ3n) is 3.28. The van der Waals surface area contributed by atoms with E-state index in [1.165, 1.54) is 16.8 Å². The molecule has 9 heteroatoms. The number of nitrogens with one attached hydrogen (secondary N) is 2. The zero-order valence-electron chi connectivity index (χ0n) is 14.1. The van der Waals surface area contributed by atoms with Crippen molar-refractivity contribution in [2.24, 2.45) is 7.05 Å². The summed E-state index contributed by atoms with van der Waals surface area (Å²) < 4.78 is 6.74. The number of ether oxygens (including phenoxy) is 1. The number of carbonyl (C=O) groups is 2. The Hall–Kier alpha value is -3.31. The van der Waals surface area contributed by atoms with Crippen LogP contribution in [0.4, 0.5) is 0 Å². The van der Waals surface area contributed by atoms with E-state index >= 15 is 0 Å². The van der Waals surface area contributed by atoms with Gasteiger partial charge in [-0.25, -0.2) is 0 Å². The molecule has 0 saturated carbocycles. The average molecular weight is 374 g/mol. The van der Waals surface area contributed by atoms with Crippen LogP contribution in [-0.2, 0) is 16.6 Å². The number of aromatic nitrogens is 2. The van der Waals surface area contributed by atoms with Crippen molar-refractivity contribution < 1.29 is 14.3 Å². The van der Waals surface area contributed by atoms with Gasteiger partial charge in [-0.15, -0.1) is 0 Å². The second kappa shape index (κ2) is 8.69.